The number of nitrogens with zero attached hydrogens (tertiary/aromatic N) is 2. The van der Waals surface area contributed by atoms with Crippen LogP contribution in [-0.2, 0) is 19.4 Å². The lowest BCUT2D eigenvalue weighted by atomic mass is 9.95. The largest absolute Gasteiger partial charge is 0.322 e. The maximum atomic E-state index is 14.0. The Balaban J connectivity index is 1.49. The molecule has 2 amide bonds. The Morgan fingerprint density at radius 1 is 1.03 bits per heavy atom. The van der Waals surface area contributed by atoms with Gasteiger partial charge in [-0.25, -0.2) is 9.18 Å². The van der Waals surface area contributed by atoms with Crippen molar-refractivity contribution in [2.45, 2.75) is 52.1 Å². The quantitative estimate of drug-likeness (QED) is 0.318. The van der Waals surface area contributed by atoms with Crippen LogP contribution in [-0.4, -0.2) is 15.5 Å². The average molecular weight is 486 g/mol. The van der Waals surface area contributed by atoms with E-state index >= 15 is 0 Å². The van der Waals surface area contributed by atoms with E-state index in [1.165, 1.54) is 46.0 Å². The molecule has 0 spiro atoms. The molecule has 4 aromatic rings. The summed E-state index contributed by atoms with van der Waals surface area (Å²) in [6.45, 7) is 4.58. The van der Waals surface area contributed by atoms with Gasteiger partial charge in [0.15, 0.2) is 0 Å². The fourth-order valence-electron chi connectivity index (χ4n) is 5.52. The summed E-state index contributed by atoms with van der Waals surface area (Å²) in [6, 6.07) is 16.2. The molecule has 6 rings (SSSR count). The lowest BCUT2D eigenvalue weighted by Crippen LogP contribution is -2.38. The molecule has 0 bridgehead atoms. The van der Waals surface area contributed by atoms with Gasteiger partial charge in [0.05, 0.1) is 18.3 Å². The van der Waals surface area contributed by atoms with Gasteiger partial charge in [-0.3, -0.25) is 0 Å². The van der Waals surface area contributed by atoms with Crippen LogP contribution in [0.3, 0.4) is 0 Å². The number of aromatic nitrogens is 1. The summed E-state index contributed by atoms with van der Waals surface area (Å²) in [5, 5.41) is 4.39. The molecule has 4 nitrogen and oxygen atoms in total. The van der Waals surface area contributed by atoms with E-state index in [1.54, 1.807) is 12.1 Å². The van der Waals surface area contributed by atoms with Crippen LogP contribution in [0.2, 0.25) is 0 Å². The fourth-order valence-corrected chi connectivity index (χ4v) is 6.93. The van der Waals surface area contributed by atoms with Gasteiger partial charge in [0.25, 0.3) is 0 Å². The first-order valence-electron chi connectivity index (χ1n) is 12.2. The number of thiophene rings is 1. The first-order valence-corrected chi connectivity index (χ1v) is 13.0. The molecule has 6 heteroatoms. The normalized spacial score (nSPS) is 16.8. The number of halogens is 1. The van der Waals surface area contributed by atoms with Crippen LogP contribution < -0.4 is 5.32 Å². The molecule has 0 radical (unpaired) electrons. The molecule has 1 N–H and O–H groups in total. The molecular weight excluding hydrogens is 457 g/mol. The van der Waals surface area contributed by atoms with E-state index in [4.69, 9.17) is 0 Å². The van der Waals surface area contributed by atoms with E-state index in [0.29, 0.717) is 6.54 Å². The smallest absolute Gasteiger partial charge is 0.310 e. The Labute approximate surface area is 209 Å². The second-order valence-electron chi connectivity index (χ2n) is 9.63. The maximum Gasteiger partial charge on any atom is 0.322 e. The van der Waals surface area contributed by atoms with Crippen molar-refractivity contribution in [3.63, 3.8) is 0 Å². The summed E-state index contributed by atoms with van der Waals surface area (Å²) in [5.41, 5.74) is 7.58. The molecule has 2 aromatic carbocycles. The zero-order chi connectivity index (χ0) is 24.1. The minimum absolute atomic E-state index is 0.150. The summed E-state index contributed by atoms with van der Waals surface area (Å²) < 4.78 is 16.1. The van der Waals surface area contributed by atoms with Crippen molar-refractivity contribution < 1.29 is 9.18 Å². The van der Waals surface area contributed by atoms with Gasteiger partial charge in [0.2, 0.25) is 0 Å². The third-order valence-corrected chi connectivity index (χ3v) is 8.58. The van der Waals surface area contributed by atoms with Crippen molar-refractivity contribution >= 4 is 23.1 Å². The summed E-state index contributed by atoms with van der Waals surface area (Å²) >= 11 is 1.86. The molecule has 0 unspecified atom stereocenters. The van der Waals surface area contributed by atoms with E-state index in [2.05, 4.69) is 28.2 Å². The molecule has 2 aliphatic rings. The molecule has 178 valence electrons. The van der Waals surface area contributed by atoms with Gasteiger partial charge in [0, 0.05) is 22.3 Å². The number of nitrogens with one attached hydrogen (secondary N) is 1. The molecule has 0 saturated carbocycles. The number of hydrogen-bond acceptors (Lipinski definition) is 2. The van der Waals surface area contributed by atoms with Crippen LogP contribution in [0, 0.1) is 19.7 Å². The number of carbonyl (C=O) groups is 1. The van der Waals surface area contributed by atoms with Crippen LogP contribution in [0.25, 0.3) is 5.00 Å². The van der Waals surface area contributed by atoms with Crippen LogP contribution >= 0.6 is 11.3 Å². The first kappa shape index (κ1) is 22.1. The molecule has 0 saturated heterocycles. The van der Waals surface area contributed by atoms with Gasteiger partial charge in [-0.1, -0.05) is 29.8 Å². The molecule has 2 aromatic heterocycles. The number of urea groups is 1. The zero-order valence-electron chi connectivity index (χ0n) is 20.0. The third kappa shape index (κ3) is 3.86. The van der Waals surface area contributed by atoms with Gasteiger partial charge < -0.3 is 14.8 Å². The first-order chi connectivity index (χ1) is 17.0. The minimum Gasteiger partial charge on any atom is -0.310 e. The van der Waals surface area contributed by atoms with Crippen LogP contribution in [0.5, 0.6) is 0 Å². The van der Waals surface area contributed by atoms with Gasteiger partial charge in [-0.2, -0.15) is 0 Å². The lowest BCUT2D eigenvalue weighted by molar-refractivity contribution is 0.194. The maximum absolute atomic E-state index is 14.0. The van der Waals surface area contributed by atoms with Crippen molar-refractivity contribution in [3.05, 3.63) is 105 Å². The lowest BCUT2D eigenvalue weighted by Gasteiger charge is -2.31. The van der Waals surface area contributed by atoms with Gasteiger partial charge in [0.1, 0.15) is 10.8 Å². The number of benzene rings is 2. The van der Waals surface area contributed by atoms with Crippen molar-refractivity contribution in [3.8, 4) is 5.00 Å². The summed E-state index contributed by atoms with van der Waals surface area (Å²) in [4.78, 5) is 17.4. The number of anilines is 1. The molecule has 35 heavy (non-hydrogen) atoms. The zero-order valence-corrected chi connectivity index (χ0v) is 20.8. The Kier molecular flexibility index (Phi) is 5.49. The summed E-state index contributed by atoms with van der Waals surface area (Å²) in [7, 11) is 0. The van der Waals surface area contributed by atoms with Gasteiger partial charge in [-0.15, -0.1) is 11.3 Å². The van der Waals surface area contributed by atoms with Gasteiger partial charge >= 0.3 is 6.03 Å². The number of aryl methyl sites for hydroxylation is 3. The number of amides is 2. The second-order valence-corrected chi connectivity index (χ2v) is 10.7. The Bertz CT molecular complexity index is 1420. The molecule has 0 fully saturated rings. The predicted molar refractivity (Wildman–Crippen MR) is 139 cm³/mol. The predicted octanol–water partition coefficient (Wildman–Crippen LogP) is 7.31. The topological polar surface area (TPSA) is 37.3 Å². The molecule has 3 heterocycles. The van der Waals surface area contributed by atoms with E-state index in [-0.39, 0.29) is 17.9 Å². The molecular formula is C29H28FN3OS. The number of fused-ring (bicyclic) bond motifs is 5. The second kappa shape index (κ2) is 8.68. The number of hydrogen-bond donors (Lipinski definition) is 1. The third-order valence-electron chi connectivity index (χ3n) is 7.25. The highest BCUT2D eigenvalue weighted by Crippen LogP contribution is 2.44. The van der Waals surface area contributed by atoms with Gasteiger partial charge in [-0.05, 0) is 86.6 Å². The monoisotopic (exact) mass is 485 g/mol. The molecule has 1 aliphatic carbocycles. The van der Waals surface area contributed by atoms with E-state index < -0.39 is 0 Å². The Morgan fingerprint density at radius 3 is 2.63 bits per heavy atom. The van der Waals surface area contributed by atoms with Crippen molar-refractivity contribution in [2.75, 3.05) is 5.32 Å². The molecule has 1 atom stereocenters. The summed E-state index contributed by atoms with van der Waals surface area (Å²) in [5.74, 6) is -0.280. The van der Waals surface area contributed by atoms with Crippen LogP contribution in [0.1, 0.15) is 57.3 Å². The summed E-state index contributed by atoms with van der Waals surface area (Å²) in [6.07, 6.45) is 6.67. The average Bonchev–Trinajstić information content (AvgIpc) is 3.43. The highest BCUT2D eigenvalue weighted by atomic mass is 32.1. The van der Waals surface area contributed by atoms with E-state index in [0.717, 1.165) is 40.9 Å². The highest BCUT2D eigenvalue weighted by molar-refractivity contribution is 7.15. The van der Waals surface area contributed by atoms with Crippen molar-refractivity contribution in [1.29, 1.82) is 0 Å². The highest BCUT2D eigenvalue weighted by Gasteiger charge is 2.36. The minimum atomic E-state index is -0.338. The number of rotatable bonds is 2. The van der Waals surface area contributed by atoms with E-state index in [1.807, 2.05) is 48.3 Å². The number of carbonyl (C=O) groups excluding carboxylic acids is 1. The van der Waals surface area contributed by atoms with Crippen LogP contribution in [0.15, 0.2) is 60.8 Å². The fraction of sp³-hybridized carbons (Fsp3) is 0.276. The van der Waals surface area contributed by atoms with Crippen LogP contribution in [0.4, 0.5) is 14.9 Å². The van der Waals surface area contributed by atoms with Crippen molar-refractivity contribution in [2.24, 2.45) is 0 Å². The van der Waals surface area contributed by atoms with Crippen molar-refractivity contribution in [1.82, 2.24) is 9.47 Å². The standard InChI is InChI=1S/C29H28FN3OS/c1-18-9-14-24(19(2)16-18)31-29(34)33-17-23-22-6-3-4-8-26(22)35-28(23)32-15-5-7-25(32)27(33)20-10-12-21(30)13-11-20/h5,7,9-16,27H,3-4,6,8,17H2,1-2H3,(H,31,34)/t27-/m0/s1. The Morgan fingerprint density at radius 2 is 1.83 bits per heavy atom. The Hall–Kier alpha value is -3.38. The SMILES string of the molecule is Cc1ccc(NC(=O)N2Cc3c(sc4c3CCCC4)-n3cccc3[C@@H]2c2ccc(F)cc2)c(C)c1. The van der Waals surface area contributed by atoms with E-state index in [9.17, 15) is 9.18 Å². The molecule has 1 aliphatic heterocycles.